The van der Waals surface area contributed by atoms with Gasteiger partial charge in [-0.25, -0.2) is 9.97 Å². The Kier molecular flexibility index (Phi) is 4.02. The monoisotopic (exact) mass is 342 g/mol. The van der Waals surface area contributed by atoms with Gasteiger partial charge in [-0.2, -0.15) is 10.2 Å². The van der Waals surface area contributed by atoms with Gasteiger partial charge >= 0.3 is 0 Å². The third-order valence-corrected chi connectivity index (χ3v) is 3.97. The lowest BCUT2D eigenvalue weighted by atomic mass is 10.4. The normalized spacial score (nSPS) is 14.8. The molecule has 0 bridgehead atoms. The maximum absolute atomic E-state index is 12.3. The van der Waals surface area contributed by atoms with Crippen molar-refractivity contribution in [3.8, 4) is 0 Å². The first-order chi connectivity index (χ1) is 12.2. The number of morpholine rings is 1. The molecule has 10 nitrogen and oxygen atoms in total. The standard InChI is InChI=1S/C15H18N8O2/c1-10-17-14(11-8-16-20-15(11)18-10)19-12-2-3-23(21-12)9-13(24)22-4-6-25-7-5-22/h2-3,8H,4-7,9H2,1H3,(H2,16,17,18,19,20,21). The van der Waals surface area contributed by atoms with Gasteiger partial charge in [0.15, 0.2) is 11.5 Å². The van der Waals surface area contributed by atoms with E-state index < -0.39 is 0 Å². The summed E-state index contributed by atoms with van der Waals surface area (Å²) >= 11 is 0. The maximum atomic E-state index is 12.3. The topological polar surface area (TPSA) is 114 Å². The van der Waals surface area contributed by atoms with Crippen LogP contribution in [0.5, 0.6) is 0 Å². The number of carbonyl (C=O) groups excluding carboxylic acids is 1. The number of aryl methyl sites for hydroxylation is 1. The number of hydrogen-bond acceptors (Lipinski definition) is 7. The molecule has 0 aromatic carbocycles. The number of nitrogens with one attached hydrogen (secondary N) is 2. The summed E-state index contributed by atoms with van der Waals surface area (Å²) in [6.45, 7) is 4.45. The van der Waals surface area contributed by atoms with Crippen molar-refractivity contribution in [3.05, 3.63) is 24.3 Å². The molecule has 1 fully saturated rings. The van der Waals surface area contributed by atoms with Gasteiger partial charge in [0.05, 0.1) is 24.8 Å². The van der Waals surface area contributed by atoms with Crippen LogP contribution in [0.1, 0.15) is 5.82 Å². The molecule has 1 amide bonds. The minimum Gasteiger partial charge on any atom is -0.378 e. The first kappa shape index (κ1) is 15.5. The molecule has 3 aromatic heterocycles. The zero-order valence-electron chi connectivity index (χ0n) is 13.8. The summed E-state index contributed by atoms with van der Waals surface area (Å²) < 4.78 is 6.87. The second-order valence-corrected chi connectivity index (χ2v) is 5.77. The number of anilines is 2. The third-order valence-electron chi connectivity index (χ3n) is 3.97. The summed E-state index contributed by atoms with van der Waals surface area (Å²) in [7, 11) is 0. The van der Waals surface area contributed by atoms with Gasteiger partial charge in [-0.05, 0) is 6.92 Å². The smallest absolute Gasteiger partial charge is 0.244 e. The van der Waals surface area contributed by atoms with E-state index in [0.29, 0.717) is 49.4 Å². The van der Waals surface area contributed by atoms with Crippen LogP contribution in [0, 0.1) is 6.92 Å². The van der Waals surface area contributed by atoms with Crippen molar-refractivity contribution in [3.63, 3.8) is 0 Å². The first-order valence-electron chi connectivity index (χ1n) is 8.03. The number of fused-ring (bicyclic) bond motifs is 1. The number of carbonyl (C=O) groups is 1. The minimum absolute atomic E-state index is 0.0352. The fraction of sp³-hybridized carbons (Fsp3) is 0.400. The van der Waals surface area contributed by atoms with E-state index in [4.69, 9.17) is 4.74 Å². The molecule has 3 aromatic rings. The van der Waals surface area contributed by atoms with Crippen LogP contribution in [0.2, 0.25) is 0 Å². The molecule has 10 heteroatoms. The van der Waals surface area contributed by atoms with E-state index in [1.807, 2.05) is 6.92 Å². The molecule has 2 N–H and O–H groups in total. The highest BCUT2D eigenvalue weighted by atomic mass is 16.5. The molecule has 0 radical (unpaired) electrons. The maximum Gasteiger partial charge on any atom is 0.244 e. The predicted octanol–water partition coefficient (Wildman–Crippen LogP) is 0.460. The van der Waals surface area contributed by atoms with Crippen molar-refractivity contribution >= 4 is 28.6 Å². The average Bonchev–Trinajstić information content (AvgIpc) is 3.25. The van der Waals surface area contributed by atoms with Gasteiger partial charge in [-0.3, -0.25) is 14.6 Å². The number of H-pyrrole nitrogens is 1. The molecule has 4 heterocycles. The van der Waals surface area contributed by atoms with Crippen LogP contribution >= 0.6 is 0 Å². The quantitative estimate of drug-likeness (QED) is 0.708. The number of amides is 1. The van der Waals surface area contributed by atoms with Gasteiger partial charge in [0.2, 0.25) is 5.91 Å². The summed E-state index contributed by atoms with van der Waals surface area (Å²) in [6, 6.07) is 1.80. The Balaban J connectivity index is 1.47. The van der Waals surface area contributed by atoms with Crippen molar-refractivity contribution in [1.29, 1.82) is 0 Å². The summed E-state index contributed by atoms with van der Waals surface area (Å²) in [4.78, 5) is 22.7. The predicted molar refractivity (Wildman–Crippen MR) is 89.3 cm³/mol. The summed E-state index contributed by atoms with van der Waals surface area (Å²) in [5, 5.41) is 15.2. The molecule has 0 spiro atoms. The Morgan fingerprint density at radius 1 is 1.36 bits per heavy atom. The number of rotatable bonds is 4. The van der Waals surface area contributed by atoms with Crippen LogP contribution in [-0.2, 0) is 16.1 Å². The van der Waals surface area contributed by atoms with E-state index in [-0.39, 0.29) is 12.5 Å². The number of nitrogens with zero attached hydrogens (tertiary/aromatic N) is 6. The molecular formula is C15H18N8O2. The zero-order chi connectivity index (χ0) is 17.2. The molecule has 0 atom stereocenters. The van der Waals surface area contributed by atoms with E-state index >= 15 is 0 Å². The highest BCUT2D eigenvalue weighted by molar-refractivity contribution is 5.87. The number of aromatic nitrogens is 6. The van der Waals surface area contributed by atoms with Crippen molar-refractivity contribution in [1.82, 2.24) is 34.8 Å². The molecule has 4 rings (SSSR count). The summed E-state index contributed by atoms with van der Waals surface area (Å²) in [6.07, 6.45) is 3.43. The summed E-state index contributed by atoms with van der Waals surface area (Å²) in [5.74, 6) is 1.89. The highest BCUT2D eigenvalue weighted by Gasteiger charge is 2.17. The number of aromatic amines is 1. The van der Waals surface area contributed by atoms with Gasteiger partial charge < -0.3 is 15.0 Å². The van der Waals surface area contributed by atoms with Gasteiger partial charge in [0, 0.05) is 25.4 Å². The Morgan fingerprint density at radius 2 is 2.20 bits per heavy atom. The fourth-order valence-electron chi connectivity index (χ4n) is 2.73. The van der Waals surface area contributed by atoms with E-state index in [1.54, 1.807) is 28.0 Å². The van der Waals surface area contributed by atoms with Gasteiger partial charge in [0.1, 0.15) is 18.2 Å². The molecule has 25 heavy (non-hydrogen) atoms. The van der Waals surface area contributed by atoms with Gasteiger partial charge in [-0.15, -0.1) is 0 Å². The third kappa shape index (κ3) is 3.29. The van der Waals surface area contributed by atoms with E-state index in [0.717, 1.165) is 5.39 Å². The van der Waals surface area contributed by atoms with Crippen LogP contribution < -0.4 is 5.32 Å². The highest BCUT2D eigenvalue weighted by Crippen LogP contribution is 2.21. The van der Waals surface area contributed by atoms with Gasteiger partial charge in [-0.1, -0.05) is 0 Å². The molecule has 0 saturated carbocycles. The van der Waals surface area contributed by atoms with E-state index in [1.165, 1.54) is 0 Å². The van der Waals surface area contributed by atoms with E-state index in [9.17, 15) is 4.79 Å². The van der Waals surface area contributed by atoms with E-state index in [2.05, 4.69) is 30.6 Å². The number of ether oxygens (including phenoxy) is 1. The minimum atomic E-state index is 0.0352. The molecular weight excluding hydrogens is 324 g/mol. The lowest BCUT2D eigenvalue weighted by molar-refractivity contribution is -0.136. The molecule has 130 valence electrons. The fourth-order valence-corrected chi connectivity index (χ4v) is 2.73. The Hall–Kier alpha value is -3.01. The van der Waals surface area contributed by atoms with Crippen LogP contribution in [0.4, 0.5) is 11.6 Å². The molecule has 1 saturated heterocycles. The second-order valence-electron chi connectivity index (χ2n) is 5.77. The van der Waals surface area contributed by atoms with Crippen LogP contribution in [-0.4, -0.2) is 67.1 Å². The van der Waals surface area contributed by atoms with Crippen molar-refractivity contribution in [2.45, 2.75) is 13.5 Å². The van der Waals surface area contributed by atoms with Crippen molar-refractivity contribution in [2.75, 3.05) is 31.6 Å². The summed E-state index contributed by atoms with van der Waals surface area (Å²) in [5.41, 5.74) is 0.664. The average molecular weight is 342 g/mol. The van der Waals surface area contributed by atoms with Crippen LogP contribution in [0.15, 0.2) is 18.5 Å². The first-order valence-corrected chi connectivity index (χ1v) is 8.03. The molecule has 1 aliphatic heterocycles. The largest absolute Gasteiger partial charge is 0.378 e. The van der Waals surface area contributed by atoms with Gasteiger partial charge in [0.25, 0.3) is 0 Å². The zero-order valence-corrected chi connectivity index (χ0v) is 13.8. The number of hydrogen-bond donors (Lipinski definition) is 2. The second kappa shape index (κ2) is 6.48. The van der Waals surface area contributed by atoms with Crippen molar-refractivity contribution in [2.24, 2.45) is 0 Å². The van der Waals surface area contributed by atoms with Crippen LogP contribution in [0.3, 0.4) is 0 Å². The molecule has 1 aliphatic rings. The Labute approximate surface area is 143 Å². The van der Waals surface area contributed by atoms with Crippen LogP contribution in [0.25, 0.3) is 11.0 Å². The van der Waals surface area contributed by atoms with Crippen molar-refractivity contribution < 1.29 is 9.53 Å². The Bertz CT molecular complexity index is 896. The lowest BCUT2D eigenvalue weighted by Crippen LogP contribution is -2.42. The SMILES string of the molecule is Cc1nc(Nc2ccn(CC(=O)N3CCOCC3)n2)c2cn[nH]c2n1. The lowest BCUT2D eigenvalue weighted by Gasteiger charge is -2.26. The Morgan fingerprint density at radius 3 is 3.04 bits per heavy atom. The molecule has 0 unspecified atom stereocenters. The molecule has 0 aliphatic carbocycles.